The minimum Gasteiger partial charge on any atom is -0.460 e. The lowest BCUT2D eigenvalue weighted by Crippen LogP contribution is -2.12. The van der Waals surface area contributed by atoms with Gasteiger partial charge in [0.2, 0.25) is 0 Å². The first kappa shape index (κ1) is 13.4. The van der Waals surface area contributed by atoms with Gasteiger partial charge in [0, 0.05) is 6.08 Å². The molecule has 0 amide bonds. The molecule has 1 aliphatic carbocycles. The molecule has 0 aromatic carbocycles. The molecular weight excluding hydrogens is 224 g/mol. The van der Waals surface area contributed by atoms with Crippen LogP contribution in [0.2, 0.25) is 0 Å². The van der Waals surface area contributed by atoms with Gasteiger partial charge in [0.15, 0.2) is 0 Å². The molecule has 100 valence electrons. The van der Waals surface area contributed by atoms with Gasteiger partial charge in [-0.05, 0) is 57.3 Å². The Morgan fingerprint density at radius 2 is 2.06 bits per heavy atom. The molecule has 0 aromatic rings. The third kappa shape index (κ3) is 4.01. The molecule has 0 saturated heterocycles. The molecule has 0 bridgehead atoms. The molecule has 3 atom stereocenters. The third-order valence-electron chi connectivity index (χ3n) is 4.09. The van der Waals surface area contributed by atoms with Crippen molar-refractivity contribution in [3.05, 3.63) is 24.3 Å². The van der Waals surface area contributed by atoms with Crippen LogP contribution in [0.5, 0.6) is 0 Å². The summed E-state index contributed by atoms with van der Waals surface area (Å²) in [6, 6.07) is 0. The van der Waals surface area contributed by atoms with Gasteiger partial charge in [-0.2, -0.15) is 0 Å². The van der Waals surface area contributed by atoms with Gasteiger partial charge in [-0.15, -0.1) is 0 Å². The lowest BCUT2D eigenvalue weighted by atomic mass is 9.92. The van der Waals surface area contributed by atoms with Gasteiger partial charge in [0.05, 0.1) is 6.10 Å². The fourth-order valence-corrected chi connectivity index (χ4v) is 3.04. The minimum atomic E-state index is -0.177. The van der Waals surface area contributed by atoms with Gasteiger partial charge in [-0.25, -0.2) is 4.79 Å². The van der Waals surface area contributed by atoms with Crippen LogP contribution in [0.1, 0.15) is 51.9 Å². The van der Waals surface area contributed by atoms with Crippen LogP contribution >= 0.6 is 0 Å². The Bertz CT molecular complexity index is 330. The third-order valence-corrected chi connectivity index (χ3v) is 4.09. The normalized spacial score (nSPS) is 37.6. The monoisotopic (exact) mass is 248 g/mol. The predicted molar refractivity (Wildman–Crippen MR) is 73.1 cm³/mol. The number of carbonyl (C=O) groups excluding carboxylic acids is 1. The van der Waals surface area contributed by atoms with Gasteiger partial charge in [-0.3, -0.25) is 0 Å². The van der Waals surface area contributed by atoms with Crippen molar-refractivity contribution >= 4 is 5.97 Å². The SMILES string of the molecule is C[C@H]1CCC/C=C/[C@@H]2CCC[C@H]2C/C=C/C(=O)O1. The summed E-state index contributed by atoms with van der Waals surface area (Å²) in [4.78, 5) is 11.6. The average molecular weight is 248 g/mol. The summed E-state index contributed by atoms with van der Waals surface area (Å²) in [6.07, 6.45) is 16.5. The number of hydrogen-bond donors (Lipinski definition) is 0. The average Bonchev–Trinajstić information content (AvgIpc) is 2.75. The Kier molecular flexibility index (Phi) is 5.03. The highest BCUT2D eigenvalue weighted by molar-refractivity contribution is 5.82. The van der Waals surface area contributed by atoms with Crippen molar-refractivity contribution in [2.24, 2.45) is 11.8 Å². The maximum absolute atomic E-state index is 11.6. The summed E-state index contributed by atoms with van der Waals surface area (Å²) in [6.45, 7) is 1.98. The van der Waals surface area contributed by atoms with Gasteiger partial charge in [0.1, 0.15) is 0 Å². The number of esters is 1. The van der Waals surface area contributed by atoms with E-state index in [1.165, 1.54) is 19.3 Å². The Morgan fingerprint density at radius 3 is 2.94 bits per heavy atom. The highest BCUT2D eigenvalue weighted by Crippen LogP contribution is 2.35. The van der Waals surface area contributed by atoms with E-state index in [-0.39, 0.29) is 12.1 Å². The molecule has 0 aromatic heterocycles. The summed E-state index contributed by atoms with van der Waals surface area (Å²) in [5.74, 6) is 1.27. The van der Waals surface area contributed by atoms with Crippen molar-refractivity contribution in [3.63, 3.8) is 0 Å². The largest absolute Gasteiger partial charge is 0.460 e. The van der Waals surface area contributed by atoms with E-state index in [0.717, 1.165) is 37.5 Å². The molecule has 1 heterocycles. The minimum absolute atomic E-state index is 0.0378. The lowest BCUT2D eigenvalue weighted by Gasteiger charge is -2.13. The number of rotatable bonds is 0. The Hall–Kier alpha value is -1.05. The van der Waals surface area contributed by atoms with Crippen molar-refractivity contribution < 1.29 is 9.53 Å². The van der Waals surface area contributed by atoms with E-state index in [0.29, 0.717) is 0 Å². The van der Waals surface area contributed by atoms with Crippen molar-refractivity contribution in [2.75, 3.05) is 0 Å². The second kappa shape index (κ2) is 6.77. The van der Waals surface area contributed by atoms with Crippen LogP contribution in [-0.2, 0) is 9.53 Å². The van der Waals surface area contributed by atoms with Crippen LogP contribution in [-0.4, -0.2) is 12.1 Å². The Balaban J connectivity index is 1.99. The molecule has 1 aliphatic heterocycles. The Labute approximate surface area is 110 Å². The molecule has 1 fully saturated rings. The molecule has 2 rings (SSSR count). The maximum Gasteiger partial charge on any atom is 0.330 e. The standard InChI is InChI=1S/C16H24O2/c1-13-7-3-2-4-8-14-9-5-10-15(14)11-6-12-16(17)18-13/h4,6,8,12-15H,2-3,5,7,9-11H2,1H3/b8-4+,12-6+/t13-,14+,15-/m0/s1. The number of cyclic esters (lactones) is 1. The summed E-state index contributed by atoms with van der Waals surface area (Å²) < 4.78 is 5.33. The summed E-state index contributed by atoms with van der Waals surface area (Å²) in [5, 5.41) is 0. The quantitative estimate of drug-likeness (QED) is 0.478. The van der Waals surface area contributed by atoms with Crippen LogP contribution in [0.4, 0.5) is 0 Å². The molecule has 18 heavy (non-hydrogen) atoms. The predicted octanol–water partition coefficient (Wildman–Crippen LogP) is 4.02. The molecular formula is C16H24O2. The van der Waals surface area contributed by atoms with E-state index in [4.69, 9.17) is 4.74 Å². The zero-order valence-corrected chi connectivity index (χ0v) is 11.3. The highest BCUT2D eigenvalue weighted by atomic mass is 16.5. The van der Waals surface area contributed by atoms with Crippen molar-refractivity contribution in [1.82, 2.24) is 0 Å². The second-order valence-corrected chi connectivity index (χ2v) is 5.60. The van der Waals surface area contributed by atoms with Crippen LogP contribution < -0.4 is 0 Å². The van der Waals surface area contributed by atoms with Crippen LogP contribution in [0.15, 0.2) is 24.3 Å². The number of ether oxygens (including phenoxy) is 1. The number of hydrogen-bond acceptors (Lipinski definition) is 2. The van der Waals surface area contributed by atoms with Gasteiger partial charge >= 0.3 is 5.97 Å². The maximum atomic E-state index is 11.6. The first-order valence-corrected chi connectivity index (χ1v) is 7.29. The summed E-state index contributed by atoms with van der Waals surface area (Å²) >= 11 is 0. The number of carbonyl (C=O) groups is 1. The zero-order valence-electron chi connectivity index (χ0n) is 11.3. The van der Waals surface area contributed by atoms with E-state index in [1.54, 1.807) is 6.08 Å². The first-order chi connectivity index (χ1) is 8.75. The van der Waals surface area contributed by atoms with E-state index >= 15 is 0 Å². The molecule has 2 aliphatic rings. The smallest absolute Gasteiger partial charge is 0.330 e. The summed E-state index contributed by atoms with van der Waals surface area (Å²) in [5.41, 5.74) is 0. The zero-order chi connectivity index (χ0) is 12.8. The number of fused-ring (bicyclic) bond motifs is 1. The molecule has 0 N–H and O–H groups in total. The molecule has 0 spiro atoms. The molecule has 1 saturated carbocycles. The van der Waals surface area contributed by atoms with Crippen LogP contribution in [0, 0.1) is 11.8 Å². The van der Waals surface area contributed by atoms with E-state index in [2.05, 4.69) is 12.2 Å². The molecule has 2 nitrogen and oxygen atoms in total. The van der Waals surface area contributed by atoms with Crippen molar-refractivity contribution in [1.29, 1.82) is 0 Å². The fraction of sp³-hybridized carbons (Fsp3) is 0.688. The van der Waals surface area contributed by atoms with Gasteiger partial charge in [0.25, 0.3) is 0 Å². The highest BCUT2D eigenvalue weighted by Gasteiger charge is 2.23. The molecule has 0 radical (unpaired) electrons. The van der Waals surface area contributed by atoms with E-state index in [9.17, 15) is 4.79 Å². The van der Waals surface area contributed by atoms with Crippen molar-refractivity contribution in [2.45, 2.75) is 58.0 Å². The second-order valence-electron chi connectivity index (χ2n) is 5.60. The topological polar surface area (TPSA) is 26.3 Å². The van der Waals surface area contributed by atoms with Gasteiger partial charge < -0.3 is 4.74 Å². The fourth-order valence-electron chi connectivity index (χ4n) is 3.04. The first-order valence-electron chi connectivity index (χ1n) is 7.29. The van der Waals surface area contributed by atoms with Crippen LogP contribution in [0.25, 0.3) is 0 Å². The Morgan fingerprint density at radius 1 is 1.17 bits per heavy atom. The molecule has 2 heteroatoms. The molecule has 0 unspecified atom stereocenters. The van der Waals surface area contributed by atoms with Crippen LogP contribution in [0.3, 0.4) is 0 Å². The van der Waals surface area contributed by atoms with Crippen molar-refractivity contribution in [3.8, 4) is 0 Å². The van der Waals surface area contributed by atoms with E-state index < -0.39 is 0 Å². The lowest BCUT2D eigenvalue weighted by molar-refractivity contribution is -0.142. The number of allylic oxidation sites excluding steroid dienone is 3. The summed E-state index contributed by atoms with van der Waals surface area (Å²) in [7, 11) is 0. The van der Waals surface area contributed by atoms with Gasteiger partial charge in [-0.1, -0.05) is 24.6 Å². The van der Waals surface area contributed by atoms with E-state index in [1.807, 2.05) is 13.0 Å².